The van der Waals surface area contributed by atoms with Crippen LogP contribution >= 0.6 is 0 Å². The molecule has 0 aliphatic heterocycles. The van der Waals surface area contributed by atoms with Gasteiger partial charge in [-0.3, -0.25) is 10.6 Å². The molecule has 8 nitrogen and oxygen atoms in total. The molecule has 0 saturated heterocycles. The third-order valence-corrected chi connectivity index (χ3v) is 21.7. The second-order valence-electron chi connectivity index (χ2n) is 34.0. The molecular formula is C100H110N2O6. The summed E-state index contributed by atoms with van der Waals surface area (Å²) in [7, 11) is 0. The number of fused-ring (bicyclic) bond motifs is 10. The summed E-state index contributed by atoms with van der Waals surface area (Å²) in [6, 6.07) is 86.2. The summed E-state index contributed by atoms with van der Waals surface area (Å²) in [6.07, 6.45) is 2.74. The minimum atomic E-state index is -0.275. The predicted molar refractivity (Wildman–Crippen MR) is 447 cm³/mol. The fourth-order valence-electron chi connectivity index (χ4n) is 15.4. The van der Waals surface area contributed by atoms with Gasteiger partial charge in [-0.2, -0.15) is 0 Å². The molecule has 8 bridgehead atoms. The largest absolute Gasteiger partial charge is 0.507 e. The van der Waals surface area contributed by atoms with Gasteiger partial charge in [0, 0.05) is 61.7 Å². The molecule has 0 radical (unpaired) electrons. The summed E-state index contributed by atoms with van der Waals surface area (Å²) in [5.41, 5.74) is 17.5. The Hall–Kier alpha value is -10.1. The summed E-state index contributed by atoms with van der Waals surface area (Å²) < 4.78 is 28.7. The quantitative estimate of drug-likeness (QED) is 0.0498. The Morgan fingerprint density at radius 2 is 0.565 bits per heavy atom. The van der Waals surface area contributed by atoms with Crippen molar-refractivity contribution < 1.29 is 29.2 Å². The Bertz CT molecular complexity index is 4680. The molecule has 1 aliphatic rings. The SMILES string of the molecule is C[C@@H](N[C@H](c1ccccc1)c1c(OCCCOc2c3cc(C(C)(C)C)cc2Cc2cc(C(C)(C)C)cc(c2O)Cc2cc(C(C)(C)C)cc(c2OCCCOc2ccc4ccccc4c2[C@H](N[C@H](C)c2ccccc2)c2ccccc2)Cc2cc(C(C)(C)C)cc(c2O)C3)ccc2ccccc12)c1ccccc1. The number of phenols is 2. The average molecular weight is 1440 g/mol. The minimum absolute atomic E-state index is 0.0371. The molecular weight excluding hydrogens is 1330 g/mol. The summed E-state index contributed by atoms with van der Waals surface area (Å²) >= 11 is 0. The molecule has 0 unspecified atom stereocenters. The molecule has 13 rings (SSSR count). The predicted octanol–water partition coefficient (Wildman–Crippen LogP) is 23.8. The van der Waals surface area contributed by atoms with Crippen LogP contribution in [0.4, 0.5) is 0 Å². The molecule has 12 aromatic rings. The van der Waals surface area contributed by atoms with Gasteiger partial charge in [0.2, 0.25) is 0 Å². The number of hydrogen-bond acceptors (Lipinski definition) is 8. The van der Waals surface area contributed by atoms with Gasteiger partial charge in [0.05, 0.1) is 38.5 Å². The van der Waals surface area contributed by atoms with Gasteiger partial charge in [-0.05, 0) is 158 Å². The van der Waals surface area contributed by atoms with Crippen LogP contribution in [0.15, 0.2) is 243 Å². The lowest BCUT2D eigenvalue weighted by atomic mass is 9.79. The Morgan fingerprint density at radius 1 is 0.306 bits per heavy atom. The third-order valence-electron chi connectivity index (χ3n) is 21.7. The van der Waals surface area contributed by atoms with Crippen molar-refractivity contribution in [2.75, 3.05) is 26.4 Å². The van der Waals surface area contributed by atoms with Crippen molar-refractivity contribution in [2.24, 2.45) is 0 Å². The van der Waals surface area contributed by atoms with E-state index in [2.05, 4.69) is 350 Å². The van der Waals surface area contributed by atoms with E-state index >= 15 is 0 Å². The zero-order valence-corrected chi connectivity index (χ0v) is 66.0. The van der Waals surface area contributed by atoms with Crippen LogP contribution < -0.4 is 29.6 Å². The fraction of sp³-hybridized carbons (Fsp3) is 0.320. The van der Waals surface area contributed by atoms with Crippen LogP contribution in [-0.2, 0) is 47.3 Å². The Balaban J connectivity index is 0.859. The van der Waals surface area contributed by atoms with Crippen molar-refractivity contribution in [1.29, 1.82) is 0 Å². The second kappa shape index (κ2) is 32.4. The monoisotopic (exact) mass is 1430 g/mol. The number of hydrogen-bond donors (Lipinski definition) is 4. The molecule has 4 N–H and O–H groups in total. The van der Waals surface area contributed by atoms with Crippen LogP contribution in [0.5, 0.6) is 34.5 Å². The molecule has 8 heteroatoms. The molecule has 0 heterocycles. The Kier molecular flexibility index (Phi) is 22.8. The minimum Gasteiger partial charge on any atom is -0.507 e. The van der Waals surface area contributed by atoms with Crippen LogP contribution in [-0.4, -0.2) is 36.6 Å². The van der Waals surface area contributed by atoms with Gasteiger partial charge in [0.15, 0.2) is 0 Å². The van der Waals surface area contributed by atoms with Gasteiger partial charge >= 0.3 is 0 Å². The highest BCUT2D eigenvalue weighted by atomic mass is 16.5. The summed E-state index contributed by atoms with van der Waals surface area (Å²) in [5, 5.41) is 39.1. The number of nitrogens with one attached hydrogen (secondary N) is 2. The Morgan fingerprint density at radius 3 is 0.861 bits per heavy atom. The normalized spacial score (nSPS) is 13.9. The van der Waals surface area contributed by atoms with Gasteiger partial charge in [-0.15, -0.1) is 0 Å². The Labute approximate surface area is 642 Å². The first-order valence-electron chi connectivity index (χ1n) is 39.0. The lowest BCUT2D eigenvalue weighted by Crippen LogP contribution is -2.26. The molecule has 0 aromatic heterocycles. The van der Waals surface area contributed by atoms with Crippen LogP contribution in [0.1, 0.15) is 234 Å². The number of aromatic hydroxyl groups is 2. The lowest BCUT2D eigenvalue weighted by Gasteiger charge is -2.28. The molecule has 12 aromatic carbocycles. The highest BCUT2D eigenvalue weighted by Gasteiger charge is 2.31. The van der Waals surface area contributed by atoms with Gasteiger partial charge in [-0.1, -0.05) is 314 Å². The lowest BCUT2D eigenvalue weighted by molar-refractivity contribution is 0.243. The van der Waals surface area contributed by atoms with E-state index in [-0.39, 0.29) is 57.3 Å². The van der Waals surface area contributed by atoms with E-state index in [0.29, 0.717) is 65.0 Å². The molecule has 0 spiro atoms. The van der Waals surface area contributed by atoms with Crippen LogP contribution in [0.25, 0.3) is 21.5 Å². The van der Waals surface area contributed by atoms with Gasteiger partial charge < -0.3 is 29.2 Å². The van der Waals surface area contributed by atoms with Crippen molar-refractivity contribution >= 4 is 21.5 Å². The molecule has 0 amide bonds. The van der Waals surface area contributed by atoms with Crippen molar-refractivity contribution in [3.8, 4) is 34.5 Å². The third kappa shape index (κ3) is 17.5. The maximum Gasteiger partial charge on any atom is 0.126 e. The zero-order chi connectivity index (χ0) is 76.1. The summed E-state index contributed by atoms with van der Waals surface area (Å²) in [5.74, 6) is 3.68. The second-order valence-corrected chi connectivity index (χ2v) is 34.0. The number of benzene rings is 12. The highest BCUT2D eigenvalue weighted by Crippen LogP contribution is 2.46. The summed E-state index contributed by atoms with van der Waals surface area (Å²) in [6.45, 7) is 33.0. The van der Waals surface area contributed by atoms with Crippen molar-refractivity contribution in [1.82, 2.24) is 10.6 Å². The van der Waals surface area contributed by atoms with Crippen LogP contribution in [0.2, 0.25) is 0 Å². The number of ether oxygens (including phenoxy) is 4. The standard InChI is InChI=1S/C100H110N2O6/c1-65(67-33-19-15-20-34-67)101-91(71-39-23-17-24-40-71)89-85-43-29-27-37-69(85)45-47-87(89)105-49-31-51-107-95-77-53-73-57-81(97(3,4)5)59-75(93(73)103)55-79-63-84(100(12,13)14)64-80(56-76-60-82(98(6,7)8)58-74(94(76)104)54-78(95)62-83(61-77)99(9,10)11)96(79)108-52-32-50-106-88-48-46-70-38-28-30-44-86(70)90(88)92(72-41-25-18-26-42-72)102-66(2)68-35-21-16-22-36-68/h15-30,33-48,57-66,91-92,101-104H,31-32,49-56H2,1-14H3/t65-,66-,91-,92-/m1/s1. The maximum atomic E-state index is 13.3. The zero-order valence-electron chi connectivity index (χ0n) is 66.0. The maximum absolute atomic E-state index is 13.3. The van der Waals surface area contributed by atoms with Gasteiger partial charge in [0.1, 0.15) is 34.5 Å². The topological polar surface area (TPSA) is 101 Å². The van der Waals surface area contributed by atoms with Crippen molar-refractivity contribution in [2.45, 2.75) is 181 Å². The van der Waals surface area contributed by atoms with Crippen molar-refractivity contribution in [3.05, 3.63) is 343 Å². The smallest absolute Gasteiger partial charge is 0.126 e. The first-order valence-corrected chi connectivity index (χ1v) is 39.0. The average Bonchev–Trinajstić information content (AvgIpc) is 0.773. The van der Waals surface area contributed by atoms with Crippen LogP contribution in [0.3, 0.4) is 0 Å². The van der Waals surface area contributed by atoms with E-state index in [1.54, 1.807) is 0 Å². The first-order chi connectivity index (χ1) is 51.7. The molecule has 1 aliphatic carbocycles. The molecule has 4 atom stereocenters. The van der Waals surface area contributed by atoms with Gasteiger partial charge in [-0.25, -0.2) is 0 Å². The van der Waals surface area contributed by atoms with E-state index in [4.69, 9.17) is 18.9 Å². The van der Waals surface area contributed by atoms with E-state index in [1.807, 2.05) is 0 Å². The fourth-order valence-corrected chi connectivity index (χ4v) is 15.4. The number of phenolic OH excluding ortho intramolecular Hbond substituents is 2. The van der Waals surface area contributed by atoms with E-state index in [9.17, 15) is 10.2 Å². The molecule has 108 heavy (non-hydrogen) atoms. The summed E-state index contributed by atoms with van der Waals surface area (Å²) in [4.78, 5) is 0. The number of rotatable bonds is 22. The van der Waals surface area contributed by atoms with E-state index in [0.717, 1.165) is 134 Å². The van der Waals surface area contributed by atoms with Gasteiger partial charge in [0.25, 0.3) is 0 Å². The molecule has 0 saturated carbocycles. The molecule has 556 valence electrons. The van der Waals surface area contributed by atoms with Crippen LogP contribution in [0, 0.1) is 0 Å². The highest BCUT2D eigenvalue weighted by molar-refractivity contribution is 5.90. The van der Waals surface area contributed by atoms with E-state index < -0.39 is 0 Å². The van der Waals surface area contributed by atoms with E-state index in [1.165, 1.54) is 11.1 Å². The first kappa shape index (κ1) is 76.1. The molecule has 0 fully saturated rings. The van der Waals surface area contributed by atoms with Crippen molar-refractivity contribution in [3.63, 3.8) is 0 Å².